The quantitative estimate of drug-likeness (QED) is 0.545. The van der Waals surface area contributed by atoms with E-state index in [-0.39, 0.29) is 13.2 Å². The molecule has 0 bridgehead atoms. The number of nitrogens with zero attached hydrogens (tertiary/aromatic N) is 2. The lowest BCUT2D eigenvalue weighted by Gasteiger charge is -2.11. The first-order valence-electron chi connectivity index (χ1n) is 5.28. The van der Waals surface area contributed by atoms with Crippen LogP contribution in [0.4, 0.5) is 11.6 Å². The topological polar surface area (TPSA) is 90.3 Å². The van der Waals surface area contributed by atoms with Gasteiger partial charge >= 0.3 is 0 Å². The summed E-state index contributed by atoms with van der Waals surface area (Å²) in [6.07, 6.45) is -0.780. The van der Waals surface area contributed by atoms with Crippen molar-refractivity contribution in [2.75, 3.05) is 30.3 Å². The Morgan fingerprint density at radius 1 is 1.31 bits per heavy atom. The molecule has 90 valence electrons. The Morgan fingerprint density at radius 2 is 1.94 bits per heavy atom. The summed E-state index contributed by atoms with van der Waals surface area (Å²) in [4.78, 5) is 8.36. The number of nitrogens with one attached hydrogen (secondary N) is 2. The number of aryl methyl sites for hydroxylation is 1. The molecule has 1 heterocycles. The van der Waals surface area contributed by atoms with E-state index in [9.17, 15) is 5.11 Å². The lowest BCUT2D eigenvalue weighted by atomic mass is 10.3. The maximum Gasteiger partial charge on any atom is 0.131 e. The smallest absolute Gasteiger partial charge is 0.131 e. The van der Waals surface area contributed by atoms with Gasteiger partial charge in [0.1, 0.15) is 17.5 Å². The van der Waals surface area contributed by atoms with Crippen LogP contribution in [0.3, 0.4) is 0 Å². The van der Waals surface area contributed by atoms with Gasteiger partial charge in [0.05, 0.1) is 12.7 Å². The summed E-state index contributed by atoms with van der Waals surface area (Å²) in [6, 6.07) is 1.76. The summed E-state index contributed by atoms with van der Waals surface area (Å²) in [7, 11) is 0. The molecule has 1 unspecified atom stereocenters. The molecule has 0 aliphatic heterocycles. The molecule has 1 aromatic rings. The number of anilines is 2. The molecule has 1 rings (SSSR count). The highest BCUT2D eigenvalue weighted by molar-refractivity contribution is 5.47. The van der Waals surface area contributed by atoms with Crippen LogP contribution in [0.2, 0.25) is 0 Å². The van der Waals surface area contributed by atoms with E-state index in [2.05, 4.69) is 20.6 Å². The zero-order valence-corrected chi connectivity index (χ0v) is 9.56. The van der Waals surface area contributed by atoms with Crippen LogP contribution in [-0.2, 0) is 0 Å². The Balaban J connectivity index is 2.64. The molecule has 1 atom stereocenters. The van der Waals surface area contributed by atoms with Crippen LogP contribution in [0.15, 0.2) is 6.07 Å². The lowest BCUT2D eigenvalue weighted by Crippen LogP contribution is -2.23. The summed E-state index contributed by atoms with van der Waals surface area (Å²) in [5, 5.41) is 23.9. The van der Waals surface area contributed by atoms with Crippen molar-refractivity contribution >= 4 is 11.6 Å². The van der Waals surface area contributed by atoms with Gasteiger partial charge in [0.2, 0.25) is 0 Å². The van der Waals surface area contributed by atoms with E-state index >= 15 is 0 Å². The minimum atomic E-state index is -0.780. The molecular formula is C10H18N4O2. The molecule has 0 saturated carbocycles. The third kappa shape index (κ3) is 4.00. The number of hydrogen-bond donors (Lipinski definition) is 4. The second-order valence-electron chi connectivity index (χ2n) is 3.43. The highest BCUT2D eigenvalue weighted by Gasteiger charge is 2.04. The molecule has 0 spiro atoms. The Kier molecular flexibility index (Phi) is 4.94. The van der Waals surface area contributed by atoms with Gasteiger partial charge in [0.25, 0.3) is 0 Å². The van der Waals surface area contributed by atoms with Crippen molar-refractivity contribution in [2.24, 2.45) is 0 Å². The number of rotatable bonds is 6. The predicted octanol–water partition coefficient (Wildman–Crippen LogP) is -0.0181. The highest BCUT2D eigenvalue weighted by Crippen LogP contribution is 2.10. The van der Waals surface area contributed by atoms with Crippen LogP contribution in [0.25, 0.3) is 0 Å². The SMILES string of the molecule is CCNc1cc(NCC(O)CO)nc(C)n1. The highest BCUT2D eigenvalue weighted by atomic mass is 16.3. The van der Waals surface area contributed by atoms with Crippen molar-refractivity contribution in [3.05, 3.63) is 11.9 Å². The Labute approximate surface area is 94.7 Å². The Morgan fingerprint density at radius 3 is 2.50 bits per heavy atom. The van der Waals surface area contributed by atoms with Gasteiger partial charge in [-0.1, -0.05) is 0 Å². The van der Waals surface area contributed by atoms with E-state index < -0.39 is 6.10 Å². The molecular weight excluding hydrogens is 208 g/mol. The number of aliphatic hydroxyl groups excluding tert-OH is 2. The van der Waals surface area contributed by atoms with Gasteiger partial charge in [-0.05, 0) is 13.8 Å². The van der Waals surface area contributed by atoms with Crippen molar-refractivity contribution in [1.29, 1.82) is 0 Å². The van der Waals surface area contributed by atoms with Crippen molar-refractivity contribution in [3.63, 3.8) is 0 Å². The second-order valence-corrected chi connectivity index (χ2v) is 3.43. The summed E-state index contributed by atoms with van der Waals surface area (Å²) >= 11 is 0. The van der Waals surface area contributed by atoms with Crippen molar-refractivity contribution in [3.8, 4) is 0 Å². The maximum absolute atomic E-state index is 9.19. The lowest BCUT2D eigenvalue weighted by molar-refractivity contribution is 0.105. The Bertz CT molecular complexity index is 333. The van der Waals surface area contributed by atoms with E-state index in [0.29, 0.717) is 11.6 Å². The minimum Gasteiger partial charge on any atom is -0.394 e. The normalized spacial score (nSPS) is 12.2. The van der Waals surface area contributed by atoms with Crippen molar-refractivity contribution < 1.29 is 10.2 Å². The van der Waals surface area contributed by atoms with Gasteiger partial charge in [-0.25, -0.2) is 9.97 Å². The largest absolute Gasteiger partial charge is 0.394 e. The number of aromatic nitrogens is 2. The van der Waals surface area contributed by atoms with Crippen molar-refractivity contribution in [2.45, 2.75) is 20.0 Å². The molecule has 16 heavy (non-hydrogen) atoms. The molecule has 0 saturated heterocycles. The van der Waals surface area contributed by atoms with Gasteiger partial charge in [-0.2, -0.15) is 0 Å². The van der Waals surface area contributed by atoms with Gasteiger partial charge in [-0.3, -0.25) is 0 Å². The van der Waals surface area contributed by atoms with E-state index in [1.807, 2.05) is 6.92 Å². The maximum atomic E-state index is 9.19. The van der Waals surface area contributed by atoms with E-state index in [0.717, 1.165) is 12.4 Å². The zero-order chi connectivity index (χ0) is 12.0. The first kappa shape index (κ1) is 12.7. The fourth-order valence-corrected chi connectivity index (χ4v) is 1.22. The van der Waals surface area contributed by atoms with Gasteiger partial charge in [-0.15, -0.1) is 0 Å². The molecule has 1 aromatic heterocycles. The Hall–Kier alpha value is -1.40. The van der Waals surface area contributed by atoms with Crippen molar-refractivity contribution in [1.82, 2.24) is 9.97 Å². The average molecular weight is 226 g/mol. The van der Waals surface area contributed by atoms with Crippen LogP contribution in [0.5, 0.6) is 0 Å². The summed E-state index contributed by atoms with van der Waals surface area (Å²) in [5.41, 5.74) is 0. The van der Waals surface area contributed by atoms with Gasteiger partial charge in [0.15, 0.2) is 0 Å². The molecule has 6 heteroatoms. The first-order valence-corrected chi connectivity index (χ1v) is 5.28. The van der Waals surface area contributed by atoms with Crippen LogP contribution in [0.1, 0.15) is 12.7 Å². The van der Waals surface area contributed by atoms with Crippen LogP contribution in [0, 0.1) is 6.92 Å². The molecule has 4 N–H and O–H groups in total. The van der Waals surface area contributed by atoms with Crippen LogP contribution >= 0.6 is 0 Å². The molecule has 0 aliphatic carbocycles. The molecule has 0 fully saturated rings. The summed E-state index contributed by atoms with van der Waals surface area (Å²) in [6.45, 7) is 4.57. The van der Waals surface area contributed by atoms with E-state index in [1.54, 1.807) is 13.0 Å². The molecule has 0 aliphatic rings. The molecule has 0 aromatic carbocycles. The second kappa shape index (κ2) is 6.24. The number of aliphatic hydroxyl groups is 2. The molecule has 6 nitrogen and oxygen atoms in total. The third-order valence-electron chi connectivity index (χ3n) is 1.93. The van der Waals surface area contributed by atoms with Crippen LogP contribution < -0.4 is 10.6 Å². The van der Waals surface area contributed by atoms with Gasteiger partial charge in [0, 0.05) is 19.2 Å². The third-order valence-corrected chi connectivity index (χ3v) is 1.93. The fraction of sp³-hybridized carbons (Fsp3) is 0.600. The minimum absolute atomic E-state index is 0.262. The predicted molar refractivity (Wildman–Crippen MR) is 62.5 cm³/mol. The average Bonchev–Trinajstić information content (AvgIpc) is 2.25. The molecule has 0 amide bonds. The van der Waals surface area contributed by atoms with Gasteiger partial charge < -0.3 is 20.8 Å². The molecule has 0 radical (unpaired) electrons. The van der Waals surface area contributed by atoms with E-state index in [1.165, 1.54) is 0 Å². The van der Waals surface area contributed by atoms with Crippen LogP contribution in [-0.4, -0.2) is 46.0 Å². The summed E-state index contributed by atoms with van der Waals surface area (Å²) < 4.78 is 0. The number of hydrogen-bond acceptors (Lipinski definition) is 6. The van der Waals surface area contributed by atoms with E-state index in [4.69, 9.17) is 5.11 Å². The summed E-state index contributed by atoms with van der Waals surface area (Å²) in [5.74, 6) is 2.03. The fourth-order valence-electron chi connectivity index (χ4n) is 1.22. The zero-order valence-electron chi connectivity index (χ0n) is 9.56. The first-order chi connectivity index (χ1) is 7.65. The monoisotopic (exact) mass is 226 g/mol. The standard InChI is InChI=1S/C10H18N4O2/c1-3-11-9-4-10(14-7(2)13-9)12-5-8(16)6-15/h4,8,15-16H,3,5-6H2,1-2H3,(H2,11,12,13,14).